The summed E-state index contributed by atoms with van der Waals surface area (Å²) in [6.45, 7) is 2.31. The molecule has 0 spiro atoms. The third-order valence-corrected chi connectivity index (χ3v) is 1.16. The zero-order valence-corrected chi connectivity index (χ0v) is 6.32. The van der Waals surface area contributed by atoms with Crippen LogP contribution in [0.5, 0.6) is 0 Å². The van der Waals surface area contributed by atoms with Crippen LogP contribution in [0.2, 0.25) is 0 Å². The van der Waals surface area contributed by atoms with E-state index in [1.807, 2.05) is 6.08 Å². The summed E-state index contributed by atoms with van der Waals surface area (Å²) in [7, 11) is 0. The first-order chi connectivity index (χ1) is 4.77. The average Bonchev–Trinajstić information content (AvgIpc) is 1.87. The predicted molar refractivity (Wildman–Crippen MR) is 38.9 cm³/mol. The largest absolute Gasteiger partial charge is 0.289 e. The first-order valence-corrected chi connectivity index (χ1v) is 3.57. The fourth-order valence-corrected chi connectivity index (χ4v) is 0.609. The number of hydrogen-bond donors (Lipinski definition) is 2. The van der Waals surface area contributed by atoms with Crippen LogP contribution in [0.25, 0.3) is 0 Å². The summed E-state index contributed by atoms with van der Waals surface area (Å²) in [5, 5.41) is 16.7. The van der Waals surface area contributed by atoms with E-state index in [0.717, 1.165) is 12.8 Å². The lowest BCUT2D eigenvalue weighted by Crippen LogP contribution is -2.12. The SMILES string of the molecule is CCCCC=CCN(O)O. The predicted octanol–water partition coefficient (Wildman–Crippen LogP) is 1.81. The fourth-order valence-electron chi connectivity index (χ4n) is 0.609. The number of rotatable bonds is 5. The highest BCUT2D eigenvalue weighted by molar-refractivity contribution is 4.81. The van der Waals surface area contributed by atoms with Crippen molar-refractivity contribution >= 4 is 0 Å². The van der Waals surface area contributed by atoms with Crippen LogP contribution in [0.4, 0.5) is 0 Å². The highest BCUT2D eigenvalue weighted by Gasteiger charge is 1.84. The van der Waals surface area contributed by atoms with E-state index in [1.54, 1.807) is 6.08 Å². The van der Waals surface area contributed by atoms with Crippen LogP contribution < -0.4 is 0 Å². The molecule has 0 radical (unpaired) electrons. The molecular weight excluding hydrogens is 130 g/mol. The van der Waals surface area contributed by atoms with Gasteiger partial charge >= 0.3 is 0 Å². The Hall–Kier alpha value is -0.380. The first-order valence-electron chi connectivity index (χ1n) is 3.57. The van der Waals surface area contributed by atoms with Crippen molar-refractivity contribution in [1.82, 2.24) is 5.23 Å². The Kier molecular flexibility index (Phi) is 6.48. The van der Waals surface area contributed by atoms with Crippen molar-refractivity contribution < 1.29 is 10.4 Å². The van der Waals surface area contributed by atoms with Gasteiger partial charge in [-0.3, -0.25) is 10.4 Å². The van der Waals surface area contributed by atoms with E-state index in [-0.39, 0.29) is 11.8 Å². The van der Waals surface area contributed by atoms with Gasteiger partial charge in [0.2, 0.25) is 0 Å². The van der Waals surface area contributed by atoms with E-state index in [1.165, 1.54) is 6.42 Å². The van der Waals surface area contributed by atoms with Crippen LogP contribution in [-0.4, -0.2) is 22.2 Å². The van der Waals surface area contributed by atoms with Crippen molar-refractivity contribution in [3.05, 3.63) is 12.2 Å². The summed E-state index contributed by atoms with van der Waals surface area (Å²) in [6.07, 6.45) is 7.03. The molecule has 60 valence electrons. The molecule has 0 aromatic carbocycles. The minimum Gasteiger partial charge on any atom is -0.289 e. The van der Waals surface area contributed by atoms with E-state index in [0.29, 0.717) is 0 Å². The van der Waals surface area contributed by atoms with Crippen LogP contribution in [0.15, 0.2) is 12.2 Å². The lowest BCUT2D eigenvalue weighted by molar-refractivity contribution is -0.299. The molecule has 0 rings (SSSR count). The minimum atomic E-state index is 0.169. The quantitative estimate of drug-likeness (QED) is 0.352. The van der Waals surface area contributed by atoms with Crippen LogP contribution in [0, 0.1) is 0 Å². The molecule has 3 nitrogen and oxygen atoms in total. The van der Waals surface area contributed by atoms with Gasteiger partial charge in [0, 0.05) is 0 Å². The molecule has 10 heavy (non-hydrogen) atoms. The molecule has 2 N–H and O–H groups in total. The molecule has 0 aliphatic heterocycles. The van der Waals surface area contributed by atoms with E-state index >= 15 is 0 Å². The molecule has 0 unspecified atom stereocenters. The van der Waals surface area contributed by atoms with Crippen LogP contribution >= 0.6 is 0 Å². The normalized spacial score (nSPS) is 11.6. The van der Waals surface area contributed by atoms with Crippen molar-refractivity contribution in [2.45, 2.75) is 26.2 Å². The number of unbranched alkanes of at least 4 members (excludes halogenated alkanes) is 2. The maximum atomic E-state index is 8.25. The third kappa shape index (κ3) is 7.62. The number of allylic oxidation sites excluding steroid dienone is 1. The van der Waals surface area contributed by atoms with E-state index < -0.39 is 0 Å². The maximum Gasteiger partial charge on any atom is 0.0693 e. The molecule has 0 bridgehead atoms. The van der Waals surface area contributed by atoms with E-state index in [4.69, 9.17) is 10.4 Å². The second-order valence-electron chi connectivity index (χ2n) is 2.17. The Bertz CT molecular complexity index is 91.6. The zero-order valence-electron chi connectivity index (χ0n) is 6.32. The maximum absolute atomic E-state index is 8.25. The molecule has 0 heterocycles. The molecule has 0 saturated carbocycles. The van der Waals surface area contributed by atoms with Gasteiger partial charge in [0.25, 0.3) is 0 Å². The van der Waals surface area contributed by atoms with Crippen molar-refractivity contribution in [2.24, 2.45) is 0 Å². The van der Waals surface area contributed by atoms with E-state index in [2.05, 4.69) is 6.92 Å². The van der Waals surface area contributed by atoms with Crippen LogP contribution in [0.3, 0.4) is 0 Å². The highest BCUT2D eigenvalue weighted by Crippen LogP contribution is 1.94. The van der Waals surface area contributed by atoms with Crippen molar-refractivity contribution in [1.29, 1.82) is 0 Å². The Balaban J connectivity index is 3.04. The van der Waals surface area contributed by atoms with Gasteiger partial charge in [0.15, 0.2) is 0 Å². The summed E-state index contributed by atoms with van der Waals surface area (Å²) < 4.78 is 0. The summed E-state index contributed by atoms with van der Waals surface area (Å²) in [6, 6.07) is 0. The third-order valence-electron chi connectivity index (χ3n) is 1.16. The average molecular weight is 145 g/mol. The van der Waals surface area contributed by atoms with Gasteiger partial charge in [-0.05, 0) is 6.42 Å². The molecule has 0 fully saturated rings. The topological polar surface area (TPSA) is 43.7 Å². The Morgan fingerprint density at radius 3 is 2.50 bits per heavy atom. The molecule has 0 aliphatic carbocycles. The van der Waals surface area contributed by atoms with Crippen LogP contribution in [-0.2, 0) is 0 Å². The Morgan fingerprint density at radius 1 is 1.30 bits per heavy atom. The lowest BCUT2D eigenvalue weighted by atomic mass is 10.2. The summed E-state index contributed by atoms with van der Waals surface area (Å²) in [5.74, 6) is 0. The van der Waals surface area contributed by atoms with Gasteiger partial charge < -0.3 is 0 Å². The van der Waals surface area contributed by atoms with Gasteiger partial charge in [0.05, 0.1) is 6.54 Å². The second-order valence-corrected chi connectivity index (χ2v) is 2.17. The van der Waals surface area contributed by atoms with Gasteiger partial charge in [0.1, 0.15) is 0 Å². The fraction of sp³-hybridized carbons (Fsp3) is 0.714. The van der Waals surface area contributed by atoms with Gasteiger partial charge in [-0.25, -0.2) is 0 Å². The van der Waals surface area contributed by atoms with Gasteiger partial charge in [-0.2, -0.15) is 0 Å². The van der Waals surface area contributed by atoms with Gasteiger partial charge in [-0.1, -0.05) is 37.1 Å². The summed E-state index contributed by atoms with van der Waals surface area (Å²) in [5.41, 5.74) is 0. The monoisotopic (exact) mass is 145 g/mol. The summed E-state index contributed by atoms with van der Waals surface area (Å²) >= 11 is 0. The standard InChI is InChI=1S/C7H15NO2/c1-2-3-4-5-6-7-8(9)10/h5-6,9-10H,2-4,7H2,1H3. The zero-order chi connectivity index (χ0) is 7.82. The molecule has 0 aromatic heterocycles. The second kappa shape index (κ2) is 6.74. The van der Waals surface area contributed by atoms with E-state index in [9.17, 15) is 0 Å². The number of nitrogens with zero attached hydrogens (tertiary/aromatic N) is 1. The van der Waals surface area contributed by atoms with Crippen molar-refractivity contribution in [2.75, 3.05) is 6.54 Å². The number of hydroxylamine groups is 2. The molecule has 0 amide bonds. The molecule has 0 atom stereocenters. The van der Waals surface area contributed by atoms with Crippen LogP contribution in [0.1, 0.15) is 26.2 Å². The molecule has 0 aromatic rings. The van der Waals surface area contributed by atoms with Crippen molar-refractivity contribution in [3.63, 3.8) is 0 Å². The molecule has 3 heteroatoms. The number of hydrogen-bond acceptors (Lipinski definition) is 3. The summed E-state index contributed by atoms with van der Waals surface area (Å²) in [4.78, 5) is 0. The smallest absolute Gasteiger partial charge is 0.0693 e. The molecular formula is C7H15NO2. The lowest BCUT2D eigenvalue weighted by Gasteiger charge is -1.98. The molecule has 0 saturated heterocycles. The Morgan fingerprint density at radius 2 is 2.00 bits per heavy atom. The molecule has 0 aliphatic rings. The van der Waals surface area contributed by atoms with Gasteiger partial charge in [-0.15, -0.1) is 0 Å². The first kappa shape index (κ1) is 9.62. The van der Waals surface area contributed by atoms with Crippen molar-refractivity contribution in [3.8, 4) is 0 Å². The highest BCUT2D eigenvalue weighted by atomic mass is 16.8. The Labute approximate surface area is 61.5 Å². The minimum absolute atomic E-state index is 0.169.